The number of halogens is 1. The second-order valence-electron chi connectivity index (χ2n) is 6.22. The number of amides is 1. The second kappa shape index (κ2) is 7.06. The Morgan fingerprint density at radius 1 is 1.30 bits per heavy atom. The molecule has 3 aromatic heterocycles. The summed E-state index contributed by atoms with van der Waals surface area (Å²) in [5, 5.41) is 7.03. The molecule has 0 unspecified atom stereocenters. The molecule has 0 aliphatic carbocycles. The SMILES string of the molecule is C[C@@H]1[C@@H](NC(=O)c2cccc(-n3cncn3)n2)CCN1c1ncc(F)cn1. The number of nitrogens with one attached hydrogen (secondary N) is 1. The minimum atomic E-state index is -0.478. The molecule has 1 N–H and O–H groups in total. The van der Waals surface area contributed by atoms with Gasteiger partial charge in [0, 0.05) is 12.6 Å². The Hall–Kier alpha value is -3.43. The van der Waals surface area contributed by atoms with E-state index < -0.39 is 5.82 Å². The molecule has 3 aromatic rings. The third-order valence-electron chi connectivity index (χ3n) is 4.56. The van der Waals surface area contributed by atoms with Crippen molar-refractivity contribution in [2.75, 3.05) is 11.4 Å². The summed E-state index contributed by atoms with van der Waals surface area (Å²) in [5.74, 6) is 0.220. The van der Waals surface area contributed by atoms with Crippen LogP contribution < -0.4 is 10.2 Å². The van der Waals surface area contributed by atoms with Gasteiger partial charge in [-0.15, -0.1) is 0 Å². The lowest BCUT2D eigenvalue weighted by Gasteiger charge is -2.25. The molecular weight excluding hydrogens is 351 g/mol. The Kier molecular flexibility index (Phi) is 4.45. The number of nitrogens with zero attached hydrogens (tertiary/aromatic N) is 7. The minimum Gasteiger partial charge on any atom is -0.346 e. The van der Waals surface area contributed by atoms with Crippen LogP contribution in [0.1, 0.15) is 23.8 Å². The number of carbonyl (C=O) groups excluding carboxylic acids is 1. The van der Waals surface area contributed by atoms with Crippen LogP contribution in [-0.2, 0) is 0 Å². The molecule has 1 aliphatic rings. The Labute approximate surface area is 154 Å². The van der Waals surface area contributed by atoms with E-state index in [0.29, 0.717) is 24.0 Å². The third kappa shape index (κ3) is 3.46. The summed E-state index contributed by atoms with van der Waals surface area (Å²) >= 11 is 0. The van der Waals surface area contributed by atoms with Gasteiger partial charge in [-0.1, -0.05) is 6.07 Å². The first kappa shape index (κ1) is 17.0. The van der Waals surface area contributed by atoms with Crippen molar-refractivity contribution < 1.29 is 9.18 Å². The molecule has 10 heteroatoms. The molecular formula is C17H17FN8O. The number of carbonyl (C=O) groups is 1. The quantitative estimate of drug-likeness (QED) is 0.733. The molecule has 0 radical (unpaired) electrons. The molecule has 2 atom stereocenters. The van der Waals surface area contributed by atoms with Crippen molar-refractivity contribution in [2.45, 2.75) is 25.4 Å². The Morgan fingerprint density at radius 2 is 2.11 bits per heavy atom. The van der Waals surface area contributed by atoms with Gasteiger partial charge in [-0.25, -0.2) is 29.0 Å². The van der Waals surface area contributed by atoms with Crippen LogP contribution in [0.2, 0.25) is 0 Å². The summed E-state index contributed by atoms with van der Waals surface area (Å²) in [6.07, 6.45) is 5.93. The first-order valence-electron chi connectivity index (χ1n) is 8.49. The molecule has 9 nitrogen and oxygen atoms in total. The van der Waals surface area contributed by atoms with Gasteiger partial charge in [-0.05, 0) is 25.5 Å². The van der Waals surface area contributed by atoms with E-state index in [9.17, 15) is 9.18 Å². The molecule has 27 heavy (non-hydrogen) atoms. The Morgan fingerprint density at radius 3 is 2.85 bits per heavy atom. The van der Waals surface area contributed by atoms with Gasteiger partial charge >= 0.3 is 0 Å². The highest BCUT2D eigenvalue weighted by Crippen LogP contribution is 2.22. The Bertz CT molecular complexity index is 930. The van der Waals surface area contributed by atoms with E-state index in [1.807, 2.05) is 11.8 Å². The van der Waals surface area contributed by atoms with Crippen LogP contribution in [0, 0.1) is 5.82 Å². The predicted octanol–water partition coefficient (Wildman–Crippen LogP) is 0.989. The summed E-state index contributed by atoms with van der Waals surface area (Å²) in [7, 11) is 0. The van der Waals surface area contributed by atoms with Crippen LogP contribution in [0.5, 0.6) is 0 Å². The molecule has 0 aromatic carbocycles. The van der Waals surface area contributed by atoms with Crippen molar-refractivity contribution in [1.82, 2.24) is 35.0 Å². The molecule has 4 heterocycles. The zero-order chi connectivity index (χ0) is 18.8. The van der Waals surface area contributed by atoms with Crippen molar-refractivity contribution in [1.29, 1.82) is 0 Å². The molecule has 0 spiro atoms. The fourth-order valence-corrected chi connectivity index (χ4v) is 3.12. The number of aromatic nitrogens is 6. The lowest BCUT2D eigenvalue weighted by molar-refractivity contribution is 0.0930. The first-order valence-corrected chi connectivity index (χ1v) is 8.49. The van der Waals surface area contributed by atoms with E-state index in [1.54, 1.807) is 18.2 Å². The number of pyridine rings is 1. The zero-order valence-electron chi connectivity index (χ0n) is 14.5. The van der Waals surface area contributed by atoms with Crippen molar-refractivity contribution in [3.8, 4) is 5.82 Å². The highest BCUT2D eigenvalue weighted by Gasteiger charge is 2.33. The third-order valence-corrected chi connectivity index (χ3v) is 4.56. The molecule has 1 saturated heterocycles. The van der Waals surface area contributed by atoms with E-state index in [0.717, 1.165) is 18.8 Å². The van der Waals surface area contributed by atoms with Crippen LogP contribution in [0.25, 0.3) is 5.82 Å². The fourth-order valence-electron chi connectivity index (χ4n) is 3.12. The molecule has 1 fully saturated rings. The van der Waals surface area contributed by atoms with E-state index in [1.165, 1.54) is 17.3 Å². The normalized spacial score (nSPS) is 19.3. The van der Waals surface area contributed by atoms with Gasteiger partial charge in [-0.2, -0.15) is 5.10 Å². The van der Waals surface area contributed by atoms with Crippen LogP contribution in [0.3, 0.4) is 0 Å². The van der Waals surface area contributed by atoms with Crippen molar-refractivity contribution in [3.05, 3.63) is 54.8 Å². The maximum Gasteiger partial charge on any atom is 0.270 e. The highest BCUT2D eigenvalue weighted by molar-refractivity contribution is 5.92. The van der Waals surface area contributed by atoms with Crippen LogP contribution in [0.15, 0.2) is 43.2 Å². The van der Waals surface area contributed by atoms with Gasteiger partial charge < -0.3 is 10.2 Å². The number of hydrogen-bond donors (Lipinski definition) is 1. The molecule has 0 bridgehead atoms. The fraction of sp³-hybridized carbons (Fsp3) is 0.294. The summed E-state index contributed by atoms with van der Waals surface area (Å²) in [6, 6.07) is 5.02. The summed E-state index contributed by atoms with van der Waals surface area (Å²) in [4.78, 5) is 30.8. The number of rotatable bonds is 4. The van der Waals surface area contributed by atoms with Crippen LogP contribution >= 0.6 is 0 Å². The second-order valence-corrected chi connectivity index (χ2v) is 6.22. The monoisotopic (exact) mass is 368 g/mol. The summed E-state index contributed by atoms with van der Waals surface area (Å²) in [5.41, 5.74) is 0.298. The standard InChI is InChI=1S/C17H17FN8O/c1-11-13(5-6-25(11)17-20-7-12(18)8-21-17)24-16(27)14-3-2-4-15(23-14)26-10-19-9-22-26/h2-4,7-11,13H,5-6H2,1H3,(H,24,27)/t11-,13+/m1/s1. The molecule has 1 amide bonds. The van der Waals surface area contributed by atoms with Gasteiger partial charge in [0.05, 0.1) is 18.4 Å². The highest BCUT2D eigenvalue weighted by atomic mass is 19.1. The van der Waals surface area contributed by atoms with Crippen molar-refractivity contribution in [2.24, 2.45) is 0 Å². The predicted molar refractivity (Wildman–Crippen MR) is 93.8 cm³/mol. The first-order chi connectivity index (χ1) is 13.1. The molecule has 4 rings (SSSR count). The van der Waals surface area contributed by atoms with Gasteiger partial charge in [0.25, 0.3) is 5.91 Å². The van der Waals surface area contributed by atoms with E-state index in [4.69, 9.17) is 0 Å². The van der Waals surface area contributed by atoms with Crippen LogP contribution in [0.4, 0.5) is 10.3 Å². The maximum atomic E-state index is 13.0. The average molecular weight is 368 g/mol. The van der Waals surface area contributed by atoms with Crippen molar-refractivity contribution in [3.63, 3.8) is 0 Å². The van der Waals surface area contributed by atoms with E-state index in [-0.39, 0.29) is 18.0 Å². The van der Waals surface area contributed by atoms with Crippen molar-refractivity contribution >= 4 is 11.9 Å². The zero-order valence-corrected chi connectivity index (χ0v) is 14.5. The number of anilines is 1. The Balaban J connectivity index is 1.46. The van der Waals surface area contributed by atoms with Gasteiger partial charge in [0.15, 0.2) is 11.6 Å². The summed E-state index contributed by atoms with van der Waals surface area (Å²) in [6.45, 7) is 2.65. The van der Waals surface area contributed by atoms with Gasteiger partial charge in [0.2, 0.25) is 5.95 Å². The molecule has 138 valence electrons. The van der Waals surface area contributed by atoms with Gasteiger partial charge in [0.1, 0.15) is 18.3 Å². The van der Waals surface area contributed by atoms with E-state index >= 15 is 0 Å². The average Bonchev–Trinajstić information content (AvgIpc) is 3.34. The number of hydrogen-bond acceptors (Lipinski definition) is 7. The molecule has 0 saturated carbocycles. The van der Waals surface area contributed by atoms with Gasteiger partial charge in [-0.3, -0.25) is 4.79 Å². The molecule has 1 aliphatic heterocycles. The van der Waals surface area contributed by atoms with Crippen LogP contribution in [-0.4, -0.2) is 54.3 Å². The maximum absolute atomic E-state index is 13.0. The largest absolute Gasteiger partial charge is 0.346 e. The summed E-state index contributed by atoms with van der Waals surface area (Å²) < 4.78 is 14.5. The minimum absolute atomic E-state index is 0.0297. The topological polar surface area (TPSA) is 102 Å². The smallest absolute Gasteiger partial charge is 0.270 e. The lowest BCUT2D eigenvalue weighted by atomic mass is 10.1. The lowest BCUT2D eigenvalue weighted by Crippen LogP contribution is -2.44. The van der Waals surface area contributed by atoms with E-state index in [2.05, 4.69) is 30.4 Å².